The Morgan fingerprint density at radius 3 is 2.56 bits per heavy atom. The lowest BCUT2D eigenvalue weighted by Crippen LogP contribution is -2.47. The van der Waals surface area contributed by atoms with Crippen LogP contribution in [0, 0.1) is 0 Å². The molecule has 6 rings (SSSR count). The molecule has 7 heteroatoms. The second kappa shape index (κ2) is 7.89. The number of pyridine rings is 1. The van der Waals surface area contributed by atoms with Crippen molar-refractivity contribution in [3.05, 3.63) is 47.9 Å². The van der Waals surface area contributed by atoms with Crippen LogP contribution in [-0.4, -0.2) is 58.6 Å². The maximum atomic E-state index is 4.98. The average Bonchev–Trinajstić information content (AvgIpc) is 3.19. The fraction of sp³-hybridized carbons (Fsp3) is 0.480. The molecule has 1 saturated carbocycles. The molecule has 166 valence electrons. The van der Waals surface area contributed by atoms with E-state index in [0.29, 0.717) is 5.95 Å². The summed E-state index contributed by atoms with van der Waals surface area (Å²) >= 11 is 0. The first-order valence-corrected chi connectivity index (χ1v) is 11.9. The van der Waals surface area contributed by atoms with Crippen LogP contribution in [0.25, 0.3) is 6.08 Å². The normalized spacial score (nSPS) is 22.0. The van der Waals surface area contributed by atoms with E-state index in [1.807, 2.05) is 18.5 Å². The molecule has 1 saturated heterocycles. The van der Waals surface area contributed by atoms with Crippen molar-refractivity contribution in [1.29, 1.82) is 0 Å². The molecule has 4 aliphatic rings. The lowest BCUT2D eigenvalue weighted by Gasteiger charge is -2.44. The number of likely N-dealkylation sites (N-methyl/N-ethyl adjacent to an activating group) is 1. The molecule has 0 amide bonds. The van der Waals surface area contributed by atoms with Crippen LogP contribution >= 0.6 is 0 Å². The molecule has 3 aliphatic heterocycles. The summed E-state index contributed by atoms with van der Waals surface area (Å²) in [6, 6.07) is 4.17. The number of rotatable bonds is 3. The van der Waals surface area contributed by atoms with Gasteiger partial charge in [-0.1, -0.05) is 25.3 Å². The van der Waals surface area contributed by atoms with Crippen LogP contribution in [0.4, 0.5) is 23.3 Å². The van der Waals surface area contributed by atoms with Gasteiger partial charge in [-0.2, -0.15) is 4.98 Å². The number of allylic oxidation sites excluding steroid dienone is 1. The Kier molecular flexibility index (Phi) is 4.86. The Morgan fingerprint density at radius 2 is 1.78 bits per heavy atom. The summed E-state index contributed by atoms with van der Waals surface area (Å²) in [5, 5.41) is 3.33. The zero-order chi connectivity index (χ0) is 21.5. The van der Waals surface area contributed by atoms with E-state index in [4.69, 9.17) is 4.98 Å². The van der Waals surface area contributed by atoms with Gasteiger partial charge in [-0.25, -0.2) is 9.97 Å². The lowest BCUT2D eigenvalue weighted by atomic mass is 9.79. The van der Waals surface area contributed by atoms with Crippen LogP contribution in [0.1, 0.15) is 44.1 Å². The second-order valence-corrected chi connectivity index (χ2v) is 9.58. The maximum Gasteiger partial charge on any atom is 0.230 e. The SMILES string of the molecule is CN1CCN(c2ccc(Nc3ncc4c(n3)N3C(=CCC35CCCCC5)C=C4)nc2)CC1. The van der Waals surface area contributed by atoms with E-state index in [-0.39, 0.29) is 5.54 Å². The van der Waals surface area contributed by atoms with Gasteiger partial charge in [-0.05, 0) is 50.6 Å². The minimum atomic E-state index is 0.196. The first kappa shape index (κ1) is 19.7. The molecule has 7 nitrogen and oxygen atoms in total. The van der Waals surface area contributed by atoms with Crippen LogP contribution in [-0.2, 0) is 0 Å². The Hall–Kier alpha value is -2.93. The van der Waals surface area contributed by atoms with Crippen molar-refractivity contribution in [2.45, 2.75) is 44.1 Å². The minimum Gasteiger partial charge on any atom is -0.368 e. The summed E-state index contributed by atoms with van der Waals surface area (Å²) in [5.74, 6) is 2.42. The number of nitrogens with zero attached hydrogens (tertiary/aromatic N) is 6. The smallest absolute Gasteiger partial charge is 0.230 e. The first-order valence-electron chi connectivity index (χ1n) is 11.9. The Bertz CT molecular complexity index is 1040. The van der Waals surface area contributed by atoms with Gasteiger partial charge in [0.2, 0.25) is 5.95 Å². The van der Waals surface area contributed by atoms with Gasteiger partial charge in [-0.15, -0.1) is 0 Å². The van der Waals surface area contributed by atoms with Gasteiger partial charge < -0.3 is 20.0 Å². The van der Waals surface area contributed by atoms with E-state index < -0.39 is 0 Å². The summed E-state index contributed by atoms with van der Waals surface area (Å²) in [4.78, 5) is 21.5. The number of piperazine rings is 1. The van der Waals surface area contributed by atoms with Crippen molar-refractivity contribution in [2.24, 2.45) is 0 Å². The molecule has 0 unspecified atom stereocenters. The van der Waals surface area contributed by atoms with E-state index in [1.165, 1.54) is 43.5 Å². The van der Waals surface area contributed by atoms with Crippen LogP contribution in [0.15, 0.2) is 42.4 Å². The molecule has 0 atom stereocenters. The fourth-order valence-electron chi connectivity index (χ4n) is 5.62. The summed E-state index contributed by atoms with van der Waals surface area (Å²) < 4.78 is 0. The molecule has 0 bridgehead atoms. The zero-order valence-electron chi connectivity index (χ0n) is 18.8. The van der Waals surface area contributed by atoms with Crippen LogP contribution in [0.3, 0.4) is 0 Å². The van der Waals surface area contributed by atoms with Crippen molar-refractivity contribution in [3.63, 3.8) is 0 Å². The van der Waals surface area contributed by atoms with Gasteiger partial charge in [0, 0.05) is 43.6 Å². The van der Waals surface area contributed by atoms with Crippen molar-refractivity contribution in [3.8, 4) is 0 Å². The van der Waals surface area contributed by atoms with Crippen LogP contribution < -0.4 is 15.1 Å². The molecule has 0 aromatic carbocycles. The highest BCUT2D eigenvalue weighted by atomic mass is 15.3. The van der Waals surface area contributed by atoms with Gasteiger partial charge in [0.25, 0.3) is 0 Å². The second-order valence-electron chi connectivity index (χ2n) is 9.58. The zero-order valence-corrected chi connectivity index (χ0v) is 18.8. The van der Waals surface area contributed by atoms with Gasteiger partial charge >= 0.3 is 0 Å². The first-order chi connectivity index (χ1) is 15.7. The third-order valence-corrected chi connectivity index (χ3v) is 7.51. The number of hydrogen-bond donors (Lipinski definition) is 1. The molecule has 2 aromatic heterocycles. The van der Waals surface area contributed by atoms with E-state index in [9.17, 15) is 0 Å². The summed E-state index contributed by atoms with van der Waals surface area (Å²) in [6.07, 6.45) is 18.2. The third kappa shape index (κ3) is 3.45. The predicted octanol–water partition coefficient (Wildman–Crippen LogP) is 4.19. The highest BCUT2D eigenvalue weighted by Gasteiger charge is 2.44. The molecule has 0 radical (unpaired) electrons. The standard InChI is InChI=1S/C25H31N7/c1-30-13-15-31(16-14-30)21-7-8-22(26-18-21)28-24-27-17-19-5-6-20-9-12-25(10-3-2-4-11-25)32(20)23(19)29-24/h5-9,17-18H,2-4,10-16H2,1H3,(H,26,27,28,29). The molecule has 1 aliphatic carbocycles. The molecule has 1 N–H and O–H groups in total. The Balaban J connectivity index is 1.23. The van der Waals surface area contributed by atoms with E-state index in [2.05, 4.69) is 61.3 Å². The van der Waals surface area contributed by atoms with Crippen molar-refractivity contribution >= 4 is 29.3 Å². The van der Waals surface area contributed by atoms with Crippen LogP contribution in [0.2, 0.25) is 0 Å². The number of anilines is 4. The maximum absolute atomic E-state index is 4.98. The Labute approximate surface area is 189 Å². The highest BCUT2D eigenvalue weighted by molar-refractivity contribution is 5.76. The third-order valence-electron chi connectivity index (χ3n) is 7.51. The molecule has 32 heavy (non-hydrogen) atoms. The summed E-state index contributed by atoms with van der Waals surface area (Å²) in [5.41, 5.74) is 3.75. The van der Waals surface area contributed by atoms with Crippen molar-refractivity contribution in [1.82, 2.24) is 19.9 Å². The quantitative estimate of drug-likeness (QED) is 0.785. The monoisotopic (exact) mass is 429 g/mol. The van der Waals surface area contributed by atoms with E-state index >= 15 is 0 Å². The van der Waals surface area contributed by atoms with E-state index in [0.717, 1.165) is 49.8 Å². The molecular formula is C25H31N7. The largest absolute Gasteiger partial charge is 0.368 e. The lowest BCUT2D eigenvalue weighted by molar-refractivity contribution is 0.301. The van der Waals surface area contributed by atoms with Crippen molar-refractivity contribution in [2.75, 3.05) is 48.3 Å². The van der Waals surface area contributed by atoms with Gasteiger partial charge in [-0.3, -0.25) is 0 Å². The number of aromatic nitrogens is 3. The molecule has 2 fully saturated rings. The fourth-order valence-corrected chi connectivity index (χ4v) is 5.62. The topological polar surface area (TPSA) is 60.4 Å². The Morgan fingerprint density at radius 1 is 0.938 bits per heavy atom. The number of hydrogen-bond acceptors (Lipinski definition) is 7. The summed E-state index contributed by atoms with van der Waals surface area (Å²) in [7, 11) is 2.17. The van der Waals surface area contributed by atoms with Gasteiger partial charge in [0.05, 0.1) is 17.4 Å². The number of fused-ring (bicyclic) bond motifs is 4. The molecule has 5 heterocycles. The average molecular weight is 430 g/mol. The van der Waals surface area contributed by atoms with Crippen molar-refractivity contribution < 1.29 is 0 Å². The summed E-state index contributed by atoms with van der Waals surface area (Å²) in [6.45, 7) is 4.26. The molecule has 1 spiro atoms. The highest BCUT2D eigenvalue weighted by Crippen LogP contribution is 2.48. The van der Waals surface area contributed by atoms with E-state index in [1.54, 1.807) is 0 Å². The van der Waals surface area contributed by atoms with Crippen LogP contribution in [0.5, 0.6) is 0 Å². The molecular weight excluding hydrogens is 398 g/mol. The van der Waals surface area contributed by atoms with Gasteiger partial charge in [0.1, 0.15) is 11.6 Å². The minimum absolute atomic E-state index is 0.196. The number of nitrogens with one attached hydrogen (secondary N) is 1. The molecule has 2 aromatic rings. The van der Waals surface area contributed by atoms with Gasteiger partial charge in [0.15, 0.2) is 0 Å². The predicted molar refractivity (Wildman–Crippen MR) is 129 cm³/mol.